The van der Waals surface area contributed by atoms with Gasteiger partial charge in [-0.3, -0.25) is 9.59 Å². The van der Waals surface area contributed by atoms with E-state index in [4.69, 9.17) is 5.11 Å². The number of carboxylic acids is 1. The molecule has 0 aliphatic carbocycles. The van der Waals surface area contributed by atoms with Gasteiger partial charge in [0.05, 0.1) is 6.26 Å². The van der Waals surface area contributed by atoms with Crippen LogP contribution in [0.3, 0.4) is 0 Å². The Morgan fingerprint density at radius 1 is 1.42 bits per heavy atom. The summed E-state index contributed by atoms with van der Waals surface area (Å²) < 4.78 is 4.32. The lowest BCUT2D eigenvalue weighted by molar-refractivity contribution is -0.138. The maximum absolute atomic E-state index is 10.1. The molecule has 0 aromatic rings. The Labute approximate surface area is 71.8 Å². The summed E-state index contributed by atoms with van der Waals surface area (Å²) in [5.41, 5.74) is 0. The van der Waals surface area contributed by atoms with Crippen LogP contribution < -0.4 is 0 Å². The summed E-state index contributed by atoms with van der Waals surface area (Å²) in [6, 6.07) is 0. The van der Waals surface area contributed by atoms with Crippen molar-refractivity contribution in [2.75, 3.05) is 0 Å². The van der Waals surface area contributed by atoms with E-state index in [1.54, 1.807) is 13.8 Å². The first kappa shape index (κ1) is 13.3. The number of hydrogen-bond donors (Lipinski definition) is 1. The molecule has 4 nitrogen and oxygen atoms in total. The van der Waals surface area contributed by atoms with Crippen LogP contribution >= 0.6 is 0 Å². The van der Waals surface area contributed by atoms with Gasteiger partial charge in [-0.05, 0) is 0 Å². The second kappa shape index (κ2) is 9.68. The predicted molar refractivity (Wildman–Crippen MR) is 44.5 cm³/mol. The van der Waals surface area contributed by atoms with Crippen LogP contribution in [-0.2, 0) is 14.3 Å². The molecule has 4 heteroatoms. The lowest BCUT2D eigenvalue weighted by Gasteiger charge is -1.88. The molecule has 0 fully saturated rings. The molecule has 0 rings (SSSR count). The molecule has 0 unspecified atom stereocenters. The largest absolute Gasteiger partial charge is 0.481 e. The maximum Gasteiger partial charge on any atom is 0.310 e. The van der Waals surface area contributed by atoms with Crippen molar-refractivity contribution >= 4 is 11.9 Å². The van der Waals surface area contributed by atoms with E-state index in [0.29, 0.717) is 6.42 Å². The van der Waals surface area contributed by atoms with Crippen molar-refractivity contribution in [1.82, 2.24) is 0 Å². The summed E-state index contributed by atoms with van der Waals surface area (Å²) in [4.78, 5) is 19.5. The van der Waals surface area contributed by atoms with Gasteiger partial charge in [0, 0.05) is 12.8 Å². The molecule has 0 saturated carbocycles. The summed E-state index contributed by atoms with van der Waals surface area (Å²) in [5, 5.41) is 7.72. The molecule has 0 heterocycles. The van der Waals surface area contributed by atoms with Crippen molar-refractivity contribution in [1.29, 1.82) is 0 Å². The number of carbonyl (C=O) groups excluding carboxylic acids is 1. The standard InChI is InChI=1S/C5H8O2.C3H6O2/c1-3-5(6)7-4-2;1-2-3(4)5/h4H,2-3H2,1H3;2H2,1H3,(H,4,5). The molecule has 0 aliphatic rings. The fraction of sp³-hybridized carbons (Fsp3) is 0.500. The Morgan fingerprint density at radius 3 is 1.92 bits per heavy atom. The van der Waals surface area contributed by atoms with E-state index in [0.717, 1.165) is 6.26 Å². The van der Waals surface area contributed by atoms with Crippen molar-refractivity contribution in [2.45, 2.75) is 26.7 Å². The molecule has 0 bridgehead atoms. The monoisotopic (exact) mass is 174 g/mol. The molecule has 0 aromatic carbocycles. The van der Waals surface area contributed by atoms with Crippen molar-refractivity contribution in [3.8, 4) is 0 Å². The van der Waals surface area contributed by atoms with E-state index in [9.17, 15) is 9.59 Å². The van der Waals surface area contributed by atoms with E-state index < -0.39 is 5.97 Å². The first-order valence-corrected chi connectivity index (χ1v) is 3.60. The molecule has 0 atom stereocenters. The molecule has 0 aliphatic heterocycles. The zero-order valence-electron chi connectivity index (χ0n) is 7.37. The van der Waals surface area contributed by atoms with Crippen LogP contribution in [0.15, 0.2) is 12.8 Å². The van der Waals surface area contributed by atoms with Gasteiger partial charge in [0.2, 0.25) is 0 Å². The van der Waals surface area contributed by atoms with Crippen molar-refractivity contribution in [3.63, 3.8) is 0 Å². The number of carboxylic acid groups (broad SMARTS) is 1. The number of carbonyl (C=O) groups is 2. The predicted octanol–water partition coefficient (Wildman–Crippen LogP) is 1.56. The van der Waals surface area contributed by atoms with Crippen LogP contribution in [0.5, 0.6) is 0 Å². The fourth-order valence-electron chi connectivity index (χ4n) is 0.176. The number of ether oxygens (including phenoxy) is 1. The molecule has 0 radical (unpaired) electrons. The Bertz CT molecular complexity index is 151. The minimum atomic E-state index is -0.745. The van der Waals surface area contributed by atoms with Gasteiger partial charge in [0.25, 0.3) is 0 Å². The molecule has 0 saturated heterocycles. The summed E-state index contributed by atoms with van der Waals surface area (Å²) in [6.07, 6.45) is 1.76. The fourth-order valence-corrected chi connectivity index (χ4v) is 0.176. The van der Waals surface area contributed by atoms with Gasteiger partial charge >= 0.3 is 11.9 Å². The number of rotatable bonds is 3. The summed E-state index contributed by atoms with van der Waals surface area (Å²) in [6.45, 7) is 6.53. The van der Waals surface area contributed by atoms with Gasteiger partial charge in [-0.1, -0.05) is 20.4 Å². The highest BCUT2D eigenvalue weighted by atomic mass is 16.5. The van der Waals surface area contributed by atoms with E-state index >= 15 is 0 Å². The molecule has 0 aromatic heterocycles. The van der Waals surface area contributed by atoms with Crippen molar-refractivity contribution in [3.05, 3.63) is 12.8 Å². The topological polar surface area (TPSA) is 63.6 Å². The molecular weight excluding hydrogens is 160 g/mol. The second-order valence-corrected chi connectivity index (χ2v) is 1.76. The van der Waals surface area contributed by atoms with Crippen LogP contribution in [0.25, 0.3) is 0 Å². The quantitative estimate of drug-likeness (QED) is 0.521. The van der Waals surface area contributed by atoms with E-state index in [1.165, 1.54) is 0 Å². The lowest BCUT2D eigenvalue weighted by atomic mass is 10.5. The normalized spacial score (nSPS) is 7.50. The highest BCUT2D eigenvalue weighted by molar-refractivity contribution is 5.69. The Hall–Kier alpha value is -1.32. The van der Waals surface area contributed by atoms with Crippen molar-refractivity contribution in [2.24, 2.45) is 0 Å². The number of hydrogen-bond acceptors (Lipinski definition) is 3. The third kappa shape index (κ3) is 15.9. The van der Waals surface area contributed by atoms with Crippen molar-refractivity contribution < 1.29 is 19.4 Å². The minimum Gasteiger partial charge on any atom is -0.481 e. The van der Waals surface area contributed by atoms with Gasteiger partial charge in [-0.2, -0.15) is 0 Å². The molecular formula is C8H14O4. The second-order valence-electron chi connectivity index (χ2n) is 1.76. The third-order valence-corrected chi connectivity index (χ3v) is 0.806. The van der Waals surface area contributed by atoms with E-state index in [2.05, 4.69) is 11.3 Å². The van der Waals surface area contributed by atoms with Crippen LogP contribution in [0.1, 0.15) is 26.7 Å². The highest BCUT2D eigenvalue weighted by Crippen LogP contribution is 1.81. The van der Waals surface area contributed by atoms with E-state index in [-0.39, 0.29) is 12.4 Å². The summed E-state index contributed by atoms with van der Waals surface area (Å²) in [5.74, 6) is -0.986. The zero-order chi connectivity index (χ0) is 9.98. The first-order valence-electron chi connectivity index (χ1n) is 3.60. The first-order chi connectivity index (χ1) is 5.58. The molecule has 0 spiro atoms. The van der Waals surface area contributed by atoms with Crippen LogP contribution in [0.2, 0.25) is 0 Å². The highest BCUT2D eigenvalue weighted by Gasteiger charge is 1.89. The Balaban J connectivity index is 0. The SMILES string of the molecule is C=COC(=O)CC.CCC(=O)O. The van der Waals surface area contributed by atoms with Gasteiger partial charge in [-0.15, -0.1) is 0 Å². The summed E-state index contributed by atoms with van der Waals surface area (Å²) >= 11 is 0. The minimum absolute atomic E-state index is 0.222. The molecule has 0 amide bonds. The van der Waals surface area contributed by atoms with Gasteiger partial charge in [0.1, 0.15) is 0 Å². The Morgan fingerprint density at radius 2 is 1.83 bits per heavy atom. The molecule has 12 heavy (non-hydrogen) atoms. The van der Waals surface area contributed by atoms with Gasteiger partial charge in [-0.25, -0.2) is 0 Å². The van der Waals surface area contributed by atoms with Gasteiger partial charge < -0.3 is 9.84 Å². The lowest BCUT2D eigenvalue weighted by Crippen LogP contribution is -1.94. The van der Waals surface area contributed by atoms with Crippen LogP contribution in [-0.4, -0.2) is 17.0 Å². The maximum atomic E-state index is 10.1. The summed E-state index contributed by atoms with van der Waals surface area (Å²) in [7, 11) is 0. The average molecular weight is 174 g/mol. The smallest absolute Gasteiger partial charge is 0.310 e. The number of esters is 1. The zero-order valence-corrected chi connectivity index (χ0v) is 7.37. The molecule has 70 valence electrons. The van der Waals surface area contributed by atoms with E-state index in [1.807, 2.05) is 0 Å². The third-order valence-electron chi connectivity index (χ3n) is 0.806. The number of aliphatic carboxylic acids is 1. The average Bonchev–Trinajstić information content (AvgIpc) is 2.06. The molecule has 1 N–H and O–H groups in total. The van der Waals surface area contributed by atoms with Gasteiger partial charge in [0.15, 0.2) is 0 Å². The Kier molecular flexibility index (Phi) is 10.7. The van der Waals surface area contributed by atoms with Crippen LogP contribution in [0, 0.1) is 0 Å². The van der Waals surface area contributed by atoms with Crippen LogP contribution in [0.4, 0.5) is 0 Å².